The van der Waals surface area contributed by atoms with E-state index in [1.54, 1.807) is 0 Å². The number of rotatable bonds is 3. The largest absolute Gasteiger partial charge is 0.284 e. The SMILES string of the molecule is CC(C)n1cc(C(C#N)N2CCCCCC2)cn1. The summed E-state index contributed by atoms with van der Waals surface area (Å²) >= 11 is 0. The van der Waals surface area contributed by atoms with Crippen LogP contribution in [0.15, 0.2) is 12.4 Å². The molecule has 1 aromatic heterocycles. The smallest absolute Gasteiger partial charge is 0.126 e. The lowest BCUT2D eigenvalue weighted by Crippen LogP contribution is -2.28. The van der Waals surface area contributed by atoms with Gasteiger partial charge in [-0.05, 0) is 39.8 Å². The fraction of sp³-hybridized carbons (Fsp3) is 0.714. The zero-order chi connectivity index (χ0) is 13.0. The first-order valence-electron chi connectivity index (χ1n) is 6.90. The van der Waals surface area contributed by atoms with Gasteiger partial charge in [0.15, 0.2) is 0 Å². The van der Waals surface area contributed by atoms with Gasteiger partial charge in [-0.15, -0.1) is 0 Å². The molecule has 0 N–H and O–H groups in total. The summed E-state index contributed by atoms with van der Waals surface area (Å²) < 4.78 is 1.93. The number of hydrogen-bond donors (Lipinski definition) is 0. The van der Waals surface area contributed by atoms with Gasteiger partial charge in [-0.3, -0.25) is 9.58 Å². The van der Waals surface area contributed by atoms with E-state index in [9.17, 15) is 5.26 Å². The van der Waals surface area contributed by atoms with Gasteiger partial charge in [0.05, 0.1) is 12.3 Å². The van der Waals surface area contributed by atoms with Crippen LogP contribution in [0.25, 0.3) is 0 Å². The van der Waals surface area contributed by atoms with Crippen molar-refractivity contribution in [1.82, 2.24) is 14.7 Å². The van der Waals surface area contributed by atoms with Crippen LogP contribution in [0.1, 0.15) is 57.2 Å². The zero-order valence-electron chi connectivity index (χ0n) is 11.3. The molecule has 4 nitrogen and oxygen atoms in total. The number of hydrogen-bond acceptors (Lipinski definition) is 3. The van der Waals surface area contributed by atoms with Gasteiger partial charge in [0.25, 0.3) is 0 Å². The van der Waals surface area contributed by atoms with Crippen molar-refractivity contribution in [2.75, 3.05) is 13.1 Å². The summed E-state index contributed by atoms with van der Waals surface area (Å²) in [5, 5.41) is 13.8. The monoisotopic (exact) mass is 246 g/mol. The molecular weight excluding hydrogens is 224 g/mol. The van der Waals surface area contributed by atoms with E-state index >= 15 is 0 Å². The standard InChI is InChI=1S/C14H22N4/c1-12(2)18-11-13(10-16-18)14(9-15)17-7-5-3-4-6-8-17/h10-12,14H,3-8H2,1-2H3. The Balaban J connectivity index is 2.13. The molecule has 0 aliphatic carbocycles. The molecule has 2 rings (SSSR count). The van der Waals surface area contributed by atoms with Gasteiger partial charge in [0.2, 0.25) is 0 Å². The Bertz CT molecular complexity index is 408. The summed E-state index contributed by atoms with van der Waals surface area (Å²) in [5.74, 6) is 0. The summed E-state index contributed by atoms with van der Waals surface area (Å²) in [6.45, 7) is 6.27. The van der Waals surface area contributed by atoms with Crippen molar-refractivity contribution in [3.05, 3.63) is 18.0 Å². The minimum Gasteiger partial charge on any atom is -0.284 e. The van der Waals surface area contributed by atoms with Crippen LogP contribution in [0.2, 0.25) is 0 Å². The quantitative estimate of drug-likeness (QED) is 0.823. The van der Waals surface area contributed by atoms with E-state index in [0.717, 1.165) is 18.7 Å². The molecule has 0 spiro atoms. The average Bonchev–Trinajstić information content (AvgIpc) is 2.68. The number of nitriles is 1. The van der Waals surface area contributed by atoms with Crippen LogP contribution in [-0.4, -0.2) is 27.8 Å². The maximum atomic E-state index is 9.44. The van der Waals surface area contributed by atoms with E-state index in [-0.39, 0.29) is 6.04 Å². The molecule has 1 unspecified atom stereocenters. The first-order valence-corrected chi connectivity index (χ1v) is 6.90. The predicted octanol–water partition coefficient (Wildman–Crippen LogP) is 2.90. The third-order valence-corrected chi connectivity index (χ3v) is 3.59. The zero-order valence-corrected chi connectivity index (χ0v) is 11.3. The maximum Gasteiger partial charge on any atom is 0.126 e. The molecule has 98 valence electrons. The highest BCUT2D eigenvalue weighted by atomic mass is 15.3. The molecule has 2 heterocycles. The molecule has 1 fully saturated rings. The average molecular weight is 246 g/mol. The molecule has 1 aliphatic rings. The third-order valence-electron chi connectivity index (χ3n) is 3.59. The van der Waals surface area contributed by atoms with Gasteiger partial charge < -0.3 is 0 Å². The molecule has 18 heavy (non-hydrogen) atoms. The van der Waals surface area contributed by atoms with E-state index in [1.807, 2.05) is 17.1 Å². The lowest BCUT2D eigenvalue weighted by molar-refractivity contribution is 0.245. The Hall–Kier alpha value is -1.34. The molecule has 1 aromatic rings. The molecule has 0 saturated carbocycles. The highest BCUT2D eigenvalue weighted by molar-refractivity contribution is 5.18. The summed E-state index contributed by atoms with van der Waals surface area (Å²) in [7, 11) is 0. The number of likely N-dealkylation sites (tertiary alicyclic amines) is 1. The molecule has 0 radical (unpaired) electrons. The van der Waals surface area contributed by atoms with Crippen molar-refractivity contribution in [3.63, 3.8) is 0 Å². The summed E-state index contributed by atoms with van der Waals surface area (Å²) in [6.07, 6.45) is 8.86. The van der Waals surface area contributed by atoms with Crippen LogP contribution in [0.3, 0.4) is 0 Å². The van der Waals surface area contributed by atoms with E-state index < -0.39 is 0 Å². The van der Waals surface area contributed by atoms with Gasteiger partial charge in [0.1, 0.15) is 6.04 Å². The van der Waals surface area contributed by atoms with Gasteiger partial charge in [-0.25, -0.2) is 0 Å². The summed E-state index contributed by atoms with van der Waals surface area (Å²) in [5.41, 5.74) is 1.04. The van der Waals surface area contributed by atoms with Crippen molar-refractivity contribution in [2.45, 2.75) is 51.6 Å². The van der Waals surface area contributed by atoms with Crippen LogP contribution in [0.5, 0.6) is 0 Å². The van der Waals surface area contributed by atoms with Crippen LogP contribution in [0.4, 0.5) is 0 Å². The Morgan fingerprint density at radius 2 is 1.89 bits per heavy atom. The lowest BCUT2D eigenvalue weighted by atomic mass is 10.1. The maximum absolute atomic E-state index is 9.44. The van der Waals surface area contributed by atoms with Crippen molar-refractivity contribution in [3.8, 4) is 6.07 Å². The molecule has 1 aliphatic heterocycles. The van der Waals surface area contributed by atoms with E-state index in [2.05, 4.69) is 29.9 Å². The molecule has 4 heteroatoms. The molecule has 0 bridgehead atoms. The van der Waals surface area contributed by atoms with Crippen LogP contribution >= 0.6 is 0 Å². The van der Waals surface area contributed by atoms with Crippen LogP contribution < -0.4 is 0 Å². The van der Waals surface area contributed by atoms with Gasteiger partial charge in [-0.2, -0.15) is 10.4 Å². The highest BCUT2D eigenvalue weighted by Gasteiger charge is 2.22. The van der Waals surface area contributed by atoms with Crippen molar-refractivity contribution in [2.24, 2.45) is 0 Å². The first-order chi connectivity index (χ1) is 8.72. The minimum absolute atomic E-state index is 0.129. The fourth-order valence-electron chi connectivity index (χ4n) is 2.50. The molecule has 0 amide bonds. The predicted molar refractivity (Wildman–Crippen MR) is 71.0 cm³/mol. The summed E-state index contributed by atoms with van der Waals surface area (Å²) in [4.78, 5) is 2.30. The second-order valence-electron chi connectivity index (χ2n) is 5.33. The molecule has 1 atom stereocenters. The second kappa shape index (κ2) is 6.01. The minimum atomic E-state index is -0.129. The Kier molecular flexibility index (Phi) is 4.38. The van der Waals surface area contributed by atoms with Crippen LogP contribution in [0, 0.1) is 11.3 Å². The molecule has 0 aromatic carbocycles. The van der Waals surface area contributed by atoms with E-state index in [4.69, 9.17) is 0 Å². The Morgan fingerprint density at radius 1 is 1.22 bits per heavy atom. The van der Waals surface area contributed by atoms with Crippen molar-refractivity contribution >= 4 is 0 Å². The Morgan fingerprint density at radius 3 is 2.39 bits per heavy atom. The number of aromatic nitrogens is 2. The van der Waals surface area contributed by atoms with E-state index in [0.29, 0.717) is 6.04 Å². The van der Waals surface area contributed by atoms with Gasteiger partial charge in [-0.1, -0.05) is 12.8 Å². The van der Waals surface area contributed by atoms with Crippen molar-refractivity contribution < 1.29 is 0 Å². The van der Waals surface area contributed by atoms with E-state index in [1.165, 1.54) is 25.7 Å². The normalized spacial score (nSPS) is 19.4. The second-order valence-corrected chi connectivity index (χ2v) is 5.33. The fourth-order valence-corrected chi connectivity index (χ4v) is 2.50. The Labute approximate surface area is 109 Å². The molecular formula is C14H22N4. The number of nitrogens with zero attached hydrogens (tertiary/aromatic N) is 4. The summed E-state index contributed by atoms with van der Waals surface area (Å²) in [6, 6.07) is 2.66. The van der Waals surface area contributed by atoms with Crippen molar-refractivity contribution in [1.29, 1.82) is 5.26 Å². The molecule has 1 saturated heterocycles. The third kappa shape index (κ3) is 2.91. The highest BCUT2D eigenvalue weighted by Crippen LogP contribution is 2.23. The lowest BCUT2D eigenvalue weighted by Gasteiger charge is -2.24. The first kappa shape index (κ1) is 13.1. The van der Waals surface area contributed by atoms with Gasteiger partial charge in [0, 0.05) is 17.8 Å². The van der Waals surface area contributed by atoms with Gasteiger partial charge >= 0.3 is 0 Å². The topological polar surface area (TPSA) is 44.9 Å². The van der Waals surface area contributed by atoms with Crippen LogP contribution in [-0.2, 0) is 0 Å².